The van der Waals surface area contributed by atoms with Crippen LogP contribution >= 0.6 is 0 Å². The van der Waals surface area contributed by atoms with Crippen LogP contribution in [-0.4, -0.2) is 168 Å². The number of ether oxygens (including phenoxy) is 5. The van der Waals surface area contributed by atoms with Crippen molar-refractivity contribution in [1.29, 1.82) is 0 Å². The number of aliphatic hydroxyl groups excluding tert-OH is 11. The quantitative estimate of drug-likeness (QED) is 0.154. The molecule has 0 bridgehead atoms. The molecule has 34 heavy (non-hydrogen) atoms. The number of hydrogen-bond donors (Lipinski definition) is 11. The molecule has 200 valence electrons. The SMILES string of the molecule is OC[C@H]1O[C@@H](O[C@H]2[C@H](O)[C@@H](O)[C@H](OC[C@H]3OC(O)[C@H](O)[C@@H](O)[C@H]3O)O[C@@H]2CO)[C@H](O)[C@@H](O)[C@H]1O. The number of hydrogen-bond acceptors (Lipinski definition) is 16. The van der Waals surface area contributed by atoms with Crippen molar-refractivity contribution < 1.29 is 79.9 Å². The molecule has 3 aliphatic heterocycles. The van der Waals surface area contributed by atoms with Crippen molar-refractivity contribution >= 4 is 0 Å². The van der Waals surface area contributed by atoms with Gasteiger partial charge >= 0.3 is 0 Å². The van der Waals surface area contributed by atoms with E-state index in [1.54, 1.807) is 0 Å². The maximum atomic E-state index is 10.5. The molecule has 16 heteroatoms. The van der Waals surface area contributed by atoms with Crippen LogP contribution in [0.1, 0.15) is 0 Å². The van der Waals surface area contributed by atoms with Gasteiger partial charge in [0, 0.05) is 0 Å². The average Bonchev–Trinajstić information content (AvgIpc) is 2.83. The van der Waals surface area contributed by atoms with Crippen molar-refractivity contribution in [3.05, 3.63) is 0 Å². The zero-order chi connectivity index (χ0) is 25.3. The maximum Gasteiger partial charge on any atom is 0.187 e. The molecule has 3 rings (SSSR count). The summed E-state index contributed by atoms with van der Waals surface area (Å²) in [5.41, 5.74) is 0. The minimum atomic E-state index is -1.82. The number of aliphatic hydroxyl groups is 11. The van der Waals surface area contributed by atoms with Crippen LogP contribution in [0.25, 0.3) is 0 Å². The van der Waals surface area contributed by atoms with Crippen molar-refractivity contribution in [1.82, 2.24) is 0 Å². The molecule has 0 amide bonds. The van der Waals surface area contributed by atoms with Gasteiger partial charge in [0.05, 0.1) is 19.8 Å². The summed E-state index contributed by atoms with van der Waals surface area (Å²) in [4.78, 5) is 0. The monoisotopic (exact) mass is 504 g/mol. The predicted octanol–water partition coefficient (Wildman–Crippen LogP) is -7.57. The van der Waals surface area contributed by atoms with Gasteiger partial charge in [-0.3, -0.25) is 0 Å². The van der Waals surface area contributed by atoms with Gasteiger partial charge in [0.25, 0.3) is 0 Å². The first kappa shape index (κ1) is 27.9. The number of rotatable bonds is 7. The molecular formula is C18H32O16. The molecule has 15 atom stereocenters. The van der Waals surface area contributed by atoms with E-state index in [2.05, 4.69) is 0 Å². The van der Waals surface area contributed by atoms with E-state index in [-0.39, 0.29) is 0 Å². The van der Waals surface area contributed by atoms with Crippen LogP contribution in [0.5, 0.6) is 0 Å². The van der Waals surface area contributed by atoms with Crippen molar-refractivity contribution in [2.24, 2.45) is 0 Å². The third kappa shape index (κ3) is 5.52. The standard InChI is InChI=1S/C18H32O16/c19-1-4-7(21)10(24)13(27)18(32-4)34-15-5(2-20)33-17(14(28)11(15)25)30-3-6-8(22)9(23)12(26)16(29)31-6/h4-29H,1-3H2/t4-,5-,6-,7+,8+,9+,10+,11-,12-,13-,14-,15-,16?,17-,18+/m1/s1. The summed E-state index contributed by atoms with van der Waals surface area (Å²) in [6, 6.07) is 0. The molecule has 1 unspecified atom stereocenters. The van der Waals surface area contributed by atoms with Gasteiger partial charge in [0.1, 0.15) is 73.2 Å². The summed E-state index contributed by atoms with van der Waals surface area (Å²) in [5, 5.41) is 109. The lowest BCUT2D eigenvalue weighted by Crippen LogP contribution is -2.65. The molecule has 3 heterocycles. The van der Waals surface area contributed by atoms with Gasteiger partial charge in [-0.1, -0.05) is 0 Å². The first-order valence-electron chi connectivity index (χ1n) is 10.6. The average molecular weight is 504 g/mol. The summed E-state index contributed by atoms with van der Waals surface area (Å²) < 4.78 is 26.2. The molecular weight excluding hydrogens is 472 g/mol. The first-order chi connectivity index (χ1) is 16.0. The zero-order valence-electron chi connectivity index (χ0n) is 17.7. The molecule has 0 aliphatic carbocycles. The topological polar surface area (TPSA) is 269 Å². The molecule has 3 fully saturated rings. The molecule has 3 saturated heterocycles. The van der Waals surface area contributed by atoms with E-state index >= 15 is 0 Å². The fourth-order valence-corrected chi connectivity index (χ4v) is 3.95. The van der Waals surface area contributed by atoms with Gasteiger partial charge in [0.15, 0.2) is 18.9 Å². The van der Waals surface area contributed by atoms with Gasteiger partial charge in [-0.25, -0.2) is 0 Å². The van der Waals surface area contributed by atoms with Gasteiger partial charge in [0.2, 0.25) is 0 Å². The molecule has 0 spiro atoms. The molecule has 16 nitrogen and oxygen atoms in total. The first-order valence-corrected chi connectivity index (χ1v) is 10.6. The van der Waals surface area contributed by atoms with E-state index in [0.29, 0.717) is 0 Å². The Kier molecular flexibility index (Phi) is 9.54. The highest BCUT2D eigenvalue weighted by Crippen LogP contribution is 2.30. The minimum Gasteiger partial charge on any atom is -0.394 e. The largest absolute Gasteiger partial charge is 0.394 e. The van der Waals surface area contributed by atoms with E-state index in [1.807, 2.05) is 0 Å². The van der Waals surface area contributed by atoms with Crippen molar-refractivity contribution in [2.75, 3.05) is 19.8 Å². The fraction of sp³-hybridized carbons (Fsp3) is 1.00. The minimum absolute atomic E-state index is 0.577. The third-order valence-electron chi connectivity index (χ3n) is 6.07. The van der Waals surface area contributed by atoms with Gasteiger partial charge in [-0.15, -0.1) is 0 Å². The summed E-state index contributed by atoms with van der Waals surface area (Å²) in [7, 11) is 0. The lowest BCUT2D eigenvalue weighted by molar-refractivity contribution is -0.363. The van der Waals surface area contributed by atoms with E-state index in [9.17, 15) is 56.2 Å². The second-order valence-electron chi connectivity index (χ2n) is 8.37. The predicted molar refractivity (Wildman–Crippen MR) is 101 cm³/mol. The van der Waals surface area contributed by atoms with Crippen LogP contribution in [-0.2, 0) is 23.7 Å². The highest BCUT2D eigenvalue weighted by Gasteiger charge is 2.51. The van der Waals surface area contributed by atoms with E-state index in [1.165, 1.54) is 0 Å². The molecule has 0 saturated carbocycles. The Bertz CT molecular complexity index is 637. The molecule has 3 aliphatic rings. The lowest BCUT2D eigenvalue weighted by atomic mass is 9.97. The van der Waals surface area contributed by atoms with Gasteiger partial charge in [-0.2, -0.15) is 0 Å². The van der Waals surface area contributed by atoms with E-state index in [4.69, 9.17) is 23.7 Å². The Labute approximate surface area is 192 Å². The lowest BCUT2D eigenvalue weighted by Gasteiger charge is -2.46. The van der Waals surface area contributed by atoms with Crippen LogP contribution in [0.15, 0.2) is 0 Å². The second kappa shape index (κ2) is 11.6. The Hall–Kier alpha value is -0.640. The third-order valence-corrected chi connectivity index (χ3v) is 6.07. The Morgan fingerprint density at radius 3 is 1.65 bits per heavy atom. The van der Waals surface area contributed by atoms with Crippen molar-refractivity contribution in [2.45, 2.75) is 92.1 Å². The van der Waals surface area contributed by atoms with Gasteiger partial charge in [-0.05, 0) is 0 Å². The smallest absolute Gasteiger partial charge is 0.187 e. The Balaban J connectivity index is 1.63. The second-order valence-corrected chi connectivity index (χ2v) is 8.37. The fourth-order valence-electron chi connectivity index (χ4n) is 3.95. The zero-order valence-corrected chi connectivity index (χ0v) is 17.7. The van der Waals surface area contributed by atoms with Crippen LogP contribution in [0.4, 0.5) is 0 Å². The Morgan fingerprint density at radius 2 is 1.03 bits per heavy atom. The van der Waals surface area contributed by atoms with Crippen LogP contribution < -0.4 is 0 Å². The summed E-state index contributed by atoms with van der Waals surface area (Å²) in [6.07, 6.45) is -24.7. The van der Waals surface area contributed by atoms with Crippen LogP contribution in [0, 0.1) is 0 Å². The highest BCUT2D eigenvalue weighted by atomic mass is 16.7. The highest BCUT2D eigenvalue weighted by molar-refractivity contribution is 4.94. The maximum absolute atomic E-state index is 10.5. The molecule has 11 N–H and O–H groups in total. The molecule has 0 aromatic heterocycles. The van der Waals surface area contributed by atoms with E-state index in [0.717, 1.165) is 0 Å². The molecule has 0 radical (unpaired) electrons. The van der Waals surface area contributed by atoms with Gasteiger partial charge < -0.3 is 79.9 Å². The summed E-state index contributed by atoms with van der Waals surface area (Å²) in [5.74, 6) is 0. The Morgan fingerprint density at radius 1 is 0.500 bits per heavy atom. The van der Waals surface area contributed by atoms with E-state index < -0.39 is 112 Å². The van der Waals surface area contributed by atoms with Crippen molar-refractivity contribution in [3.8, 4) is 0 Å². The molecule has 0 aromatic rings. The summed E-state index contributed by atoms with van der Waals surface area (Å²) >= 11 is 0. The molecule has 0 aromatic carbocycles. The summed E-state index contributed by atoms with van der Waals surface area (Å²) in [6.45, 7) is -2.09. The van der Waals surface area contributed by atoms with Crippen LogP contribution in [0.3, 0.4) is 0 Å². The van der Waals surface area contributed by atoms with Crippen molar-refractivity contribution in [3.63, 3.8) is 0 Å². The normalized spacial score (nSPS) is 52.5. The van der Waals surface area contributed by atoms with Crippen LogP contribution in [0.2, 0.25) is 0 Å².